The number of hydrogen-bond donors (Lipinski definition) is 0. The van der Waals surface area contributed by atoms with Crippen LogP contribution in [-0.2, 0) is 15.6 Å². The Morgan fingerprint density at radius 2 is 1.42 bits per heavy atom. The van der Waals surface area contributed by atoms with Crippen molar-refractivity contribution in [3.05, 3.63) is 131 Å². The molecule has 0 atom stereocenters. The molecule has 3 nitrogen and oxygen atoms in total. The smallest absolute Gasteiger partial charge is 0.210 e. The summed E-state index contributed by atoms with van der Waals surface area (Å²) in [7, 11) is 0. The lowest BCUT2D eigenvalue weighted by molar-refractivity contribution is -0.438. The van der Waals surface area contributed by atoms with Crippen LogP contribution >= 0.6 is 0 Å². The number of carbonyl (C=O) groups is 1. The van der Waals surface area contributed by atoms with Crippen LogP contribution in [0, 0.1) is 0 Å². The number of rotatable bonds is 9. The fourth-order valence-electron chi connectivity index (χ4n) is 8.86. The van der Waals surface area contributed by atoms with E-state index in [0.717, 1.165) is 25.9 Å². The normalized spacial score (nSPS) is 19.3. The number of unbranched alkanes of at least 4 members (excludes halogenated alkanes) is 3. The molecule has 2 heterocycles. The van der Waals surface area contributed by atoms with Crippen molar-refractivity contribution >= 4 is 45.4 Å². The number of allylic oxidation sites excluding steroid dienone is 8. The van der Waals surface area contributed by atoms with Crippen molar-refractivity contribution in [3.63, 3.8) is 0 Å². The van der Waals surface area contributed by atoms with E-state index < -0.39 is 0 Å². The van der Waals surface area contributed by atoms with E-state index in [2.05, 4.69) is 154 Å². The van der Waals surface area contributed by atoms with Gasteiger partial charge in [-0.15, -0.1) is 0 Å². The summed E-state index contributed by atoms with van der Waals surface area (Å²) in [5.41, 5.74) is 11.3. The third kappa shape index (κ3) is 6.32. The summed E-state index contributed by atoms with van der Waals surface area (Å²) in [6.07, 6.45) is 20.7. The van der Waals surface area contributed by atoms with Crippen LogP contribution in [0.4, 0.5) is 11.4 Å². The van der Waals surface area contributed by atoms with Crippen molar-refractivity contribution in [3.8, 4) is 0 Å². The molecule has 0 unspecified atom stereocenters. The van der Waals surface area contributed by atoms with E-state index in [0.29, 0.717) is 0 Å². The van der Waals surface area contributed by atoms with Crippen molar-refractivity contribution in [1.29, 1.82) is 0 Å². The predicted molar refractivity (Wildman–Crippen MR) is 215 cm³/mol. The second kappa shape index (κ2) is 14.8. The summed E-state index contributed by atoms with van der Waals surface area (Å²) in [4.78, 5) is 10.5. The summed E-state index contributed by atoms with van der Waals surface area (Å²) < 4.78 is 2.64. The number of anilines is 1. The van der Waals surface area contributed by atoms with Gasteiger partial charge in [0.15, 0.2) is 5.71 Å². The Hall–Kier alpha value is -4.50. The highest BCUT2D eigenvalue weighted by molar-refractivity contribution is 6.07. The number of benzene rings is 4. The van der Waals surface area contributed by atoms with Gasteiger partial charge in [-0.2, -0.15) is 4.58 Å². The molecule has 258 valence electrons. The van der Waals surface area contributed by atoms with Crippen LogP contribution in [0.5, 0.6) is 0 Å². The van der Waals surface area contributed by atoms with Crippen molar-refractivity contribution in [1.82, 2.24) is 0 Å². The topological polar surface area (TPSA) is 23.3 Å². The van der Waals surface area contributed by atoms with Crippen LogP contribution < -0.4 is 4.90 Å². The average molecular weight is 664 g/mol. The third-order valence-corrected chi connectivity index (χ3v) is 11.3. The molecule has 2 aliphatic heterocycles. The van der Waals surface area contributed by atoms with Gasteiger partial charge in [0.2, 0.25) is 5.69 Å². The maximum Gasteiger partial charge on any atom is 0.210 e. The molecule has 0 bridgehead atoms. The van der Waals surface area contributed by atoms with E-state index in [1.807, 2.05) is 6.79 Å². The van der Waals surface area contributed by atoms with Crippen LogP contribution in [0.2, 0.25) is 0 Å². The molecule has 0 spiro atoms. The molecular formula is C47H55N2O+. The van der Waals surface area contributed by atoms with Crippen molar-refractivity contribution in [2.75, 3.05) is 18.0 Å². The SMILES string of the molecule is C=O.CCCCCC[N+]1=C(/C=C/C2=CC(=C/C=C3\N(CC)c4ccc5ccccc5c4C3(C)C)/CCC2)C(C)(C)c2c1ccc1ccccc21. The van der Waals surface area contributed by atoms with Crippen LogP contribution in [0.1, 0.15) is 97.6 Å². The van der Waals surface area contributed by atoms with Crippen LogP contribution in [0.15, 0.2) is 120 Å². The lowest BCUT2D eigenvalue weighted by Gasteiger charge is -2.26. The van der Waals surface area contributed by atoms with Gasteiger partial charge in [-0.25, -0.2) is 0 Å². The van der Waals surface area contributed by atoms with Crippen molar-refractivity contribution in [2.45, 2.75) is 97.3 Å². The molecule has 4 aromatic carbocycles. The first-order valence-corrected chi connectivity index (χ1v) is 18.8. The minimum absolute atomic E-state index is 0.0607. The van der Waals surface area contributed by atoms with Gasteiger partial charge >= 0.3 is 0 Å². The van der Waals surface area contributed by atoms with Crippen molar-refractivity contribution < 1.29 is 9.37 Å². The Balaban J connectivity index is 0.00000212. The van der Waals surface area contributed by atoms with E-state index >= 15 is 0 Å². The molecular weight excluding hydrogens is 609 g/mol. The van der Waals surface area contributed by atoms with Gasteiger partial charge in [0.1, 0.15) is 13.3 Å². The van der Waals surface area contributed by atoms with Gasteiger partial charge in [0, 0.05) is 47.5 Å². The van der Waals surface area contributed by atoms with Crippen LogP contribution in [0.25, 0.3) is 21.5 Å². The number of fused-ring (bicyclic) bond motifs is 6. The molecule has 3 aliphatic rings. The van der Waals surface area contributed by atoms with Gasteiger partial charge < -0.3 is 9.69 Å². The van der Waals surface area contributed by atoms with E-state index in [9.17, 15) is 0 Å². The van der Waals surface area contributed by atoms with Gasteiger partial charge in [0.05, 0.1) is 5.41 Å². The predicted octanol–water partition coefficient (Wildman–Crippen LogP) is 12.1. The fraction of sp³-hybridized carbons (Fsp3) is 0.362. The highest BCUT2D eigenvalue weighted by Crippen LogP contribution is 2.51. The highest BCUT2D eigenvalue weighted by Gasteiger charge is 2.45. The summed E-state index contributed by atoms with van der Waals surface area (Å²) in [5, 5.41) is 5.43. The molecule has 0 fully saturated rings. The first-order valence-electron chi connectivity index (χ1n) is 18.8. The molecule has 3 heteroatoms. The molecule has 50 heavy (non-hydrogen) atoms. The highest BCUT2D eigenvalue weighted by atomic mass is 16.1. The first kappa shape index (κ1) is 35.3. The lowest BCUT2D eigenvalue weighted by atomic mass is 9.79. The maximum atomic E-state index is 8.00. The maximum absolute atomic E-state index is 8.00. The lowest BCUT2D eigenvalue weighted by Crippen LogP contribution is -2.28. The molecule has 0 N–H and O–H groups in total. The summed E-state index contributed by atoms with van der Waals surface area (Å²) in [6.45, 7) is 18.3. The standard InChI is InChI=1S/C46H53N2.CH2O/c1-7-9-10-15-31-48-40-28-26-36-20-12-14-22-38(36)44(40)46(5,6)42(48)30-24-34-18-16-17-33(32-34)23-29-41-45(3,4)43-37-21-13-11-19-35(37)25-27-39(43)47(41)8-2;1-2/h11-14,19-30,32H,7-10,15-18,31H2,1-6H3;1H2/q+1;. The zero-order valence-electron chi connectivity index (χ0n) is 31.2. The van der Waals surface area contributed by atoms with Gasteiger partial charge in [-0.1, -0.05) is 106 Å². The fourth-order valence-corrected chi connectivity index (χ4v) is 8.86. The van der Waals surface area contributed by atoms with E-state index in [4.69, 9.17) is 4.79 Å². The Kier molecular flexibility index (Phi) is 10.4. The quantitative estimate of drug-likeness (QED) is 0.131. The summed E-state index contributed by atoms with van der Waals surface area (Å²) in [6, 6.07) is 27.1. The van der Waals surface area contributed by atoms with E-state index in [1.165, 1.54) is 98.7 Å². The van der Waals surface area contributed by atoms with Crippen LogP contribution in [-0.4, -0.2) is 30.2 Å². The molecule has 4 aromatic rings. The molecule has 0 saturated carbocycles. The summed E-state index contributed by atoms with van der Waals surface area (Å²) in [5.74, 6) is 0. The monoisotopic (exact) mass is 663 g/mol. The average Bonchev–Trinajstić information content (AvgIpc) is 3.50. The zero-order chi connectivity index (χ0) is 35.5. The molecule has 1 aliphatic carbocycles. The molecule has 0 aromatic heterocycles. The second-order valence-corrected chi connectivity index (χ2v) is 15.2. The Morgan fingerprint density at radius 1 is 0.740 bits per heavy atom. The molecule has 0 radical (unpaired) electrons. The molecule has 0 amide bonds. The van der Waals surface area contributed by atoms with Gasteiger partial charge in [-0.3, -0.25) is 0 Å². The van der Waals surface area contributed by atoms with E-state index in [1.54, 1.807) is 0 Å². The third-order valence-electron chi connectivity index (χ3n) is 11.3. The number of hydrogen-bond acceptors (Lipinski definition) is 2. The summed E-state index contributed by atoms with van der Waals surface area (Å²) >= 11 is 0. The minimum atomic E-state index is -0.0629. The second-order valence-electron chi connectivity index (χ2n) is 15.2. The van der Waals surface area contributed by atoms with Gasteiger partial charge in [-0.05, 0) is 103 Å². The Bertz CT molecular complexity index is 2050. The van der Waals surface area contributed by atoms with Crippen molar-refractivity contribution in [2.24, 2.45) is 0 Å². The molecule has 0 saturated heterocycles. The van der Waals surface area contributed by atoms with E-state index in [-0.39, 0.29) is 10.8 Å². The number of carbonyl (C=O) groups excluding carboxylic acids is 1. The number of nitrogens with zero attached hydrogens (tertiary/aromatic N) is 2. The zero-order valence-corrected chi connectivity index (χ0v) is 31.2. The van der Waals surface area contributed by atoms with Crippen LogP contribution in [0.3, 0.4) is 0 Å². The Morgan fingerprint density at radius 3 is 2.12 bits per heavy atom. The largest absolute Gasteiger partial charge is 0.344 e. The minimum Gasteiger partial charge on any atom is -0.344 e. The van der Waals surface area contributed by atoms with Gasteiger partial charge in [0.25, 0.3) is 0 Å². The molecule has 7 rings (SSSR count). The Labute approximate surface area is 300 Å². The number of likely N-dealkylation sites (N-methyl/N-ethyl adjacent to an activating group) is 1. The first-order chi connectivity index (χ1) is 24.3.